The van der Waals surface area contributed by atoms with Crippen LogP contribution in [0.2, 0.25) is 0 Å². The first-order valence-corrected chi connectivity index (χ1v) is 10.6. The van der Waals surface area contributed by atoms with Gasteiger partial charge in [-0.1, -0.05) is 46.3 Å². The van der Waals surface area contributed by atoms with Crippen LogP contribution in [0.3, 0.4) is 0 Å². The summed E-state index contributed by atoms with van der Waals surface area (Å²) in [6.45, 7) is 14.3. The number of aliphatic hydroxyl groups is 1. The molecule has 2 unspecified atom stereocenters. The number of aromatic nitrogens is 1. The Hall–Kier alpha value is -1.59. The highest BCUT2D eigenvalue weighted by molar-refractivity contribution is 5.94. The van der Waals surface area contributed by atoms with Crippen molar-refractivity contribution in [3.8, 4) is 0 Å². The fourth-order valence-corrected chi connectivity index (χ4v) is 3.29. The minimum atomic E-state index is -0.570. The first-order chi connectivity index (χ1) is 13.4. The molecule has 0 aliphatic rings. The molecule has 1 heterocycles. The van der Waals surface area contributed by atoms with Gasteiger partial charge >= 0.3 is 0 Å². The predicted octanol–water partition coefficient (Wildman–Crippen LogP) is 5.31. The molecule has 0 aliphatic carbocycles. The maximum absolute atomic E-state index is 14.6. The molecule has 0 bridgehead atoms. The Kier molecular flexibility index (Phi) is 9.63. The fraction of sp³-hybridized carbons (Fsp3) is 0.667. The number of aryl methyl sites for hydroxylation is 1. The van der Waals surface area contributed by atoms with E-state index in [0.29, 0.717) is 23.6 Å². The minimum absolute atomic E-state index is 0.0145. The van der Waals surface area contributed by atoms with E-state index in [1.54, 1.807) is 6.92 Å². The average Bonchev–Trinajstić information content (AvgIpc) is 2.61. The lowest BCUT2D eigenvalue weighted by Gasteiger charge is -2.24. The van der Waals surface area contributed by atoms with Crippen LogP contribution in [0.4, 0.5) is 4.39 Å². The van der Waals surface area contributed by atoms with Crippen LogP contribution < -0.4 is 5.73 Å². The zero-order chi connectivity index (χ0) is 22.4. The molecule has 0 radical (unpaired) electrons. The number of hydrogen-bond donors (Lipinski definition) is 2. The molecule has 4 nitrogen and oxygen atoms in total. The molecule has 0 aromatic carbocycles. The topological polar surface area (TPSA) is 76.2 Å². The van der Waals surface area contributed by atoms with Gasteiger partial charge in [0.25, 0.3) is 0 Å². The Labute approximate surface area is 175 Å². The van der Waals surface area contributed by atoms with Gasteiger partial charge in [-0.15, -0.1) is 0 Å². The third-order valence-electron chi connectivity index (χ3n) is 5.59. The first-order valence-electron chi connectivity index (χ1n) is 10.6. The monoisotopic (exact) mass is 406 g/mol. The summed E-state index contributed by atoms with van der Waals surface area (Å²) in [7, 11) is 0. The van der Waals surface area contributed by atoms with Crippen molar-refractivity contribution in [3.05, 3.63) is 34.4 Å². The van der Waals surface area contributed by atoms with Crippen LogP contribution in [-0.4, -0.2) is 28.5 Å². The zero-order valence-electron chi connectivity index (χ0n) is 19.2. The number of pyridine rings is 1. The average molecular weight is 407 g/mol. The largest absolute Gasteiger partial charge is 0.395 e. The molecule has 1 aromatic heterocycles. The Morgan fingerprint density at radius 1 is 1.34 bits per heavy atom. The van der Waals surface area contributed by atoms with E-state index in [1.165, 1.54) is 6.07 Å². The van der Waals surface area contributed by atoms with E-state index in [-0.39, 0.29) is 41.9 Å². The lowest BCUT2D eigenvalue weighted by Crippen LogP contribution is -2.34. The Bertz CT molecular complexity index is 720. The number of carbonyl (C=O) groups excluding carboxylic acids is 1. The molecule has 2 atom stereocenters. The van der Waals surface area contributed by atoms with Gasteiger partial charge < -0.3 is 10.8 Å². The maximum atomic E-state index is 14.6. The lowest BCUT2D eigenvalue weighted by atomic mass is 9.86. The number of nitrogens with two attached hydrogens (primary N) is 1. The smallest absolute Gasteiger partial charge is 0.184 e. The van der Waals surface area contributed by atoms with E-state index in [4.69, 9.17) is 5.73 Å². The number of ketones is 1. The number of aliphatic hydroxyl groups excluding tert-OH is 1. The van der Waals surface area contributed by atoms with Gasteiger partial charge in [0.15, 0.2) is 11.6 Å². The number of carbonyl (C=O) groups is 1. The van der Waals surface area contributed by atoms with Gasteiger partial charge in [-0.05, 0) is 62.0 Å². The SMILES string of the molecule is C/C(=C\c1cc(F)c(C(=O)CCCC(CC(C)C)C(N)CO)nc1C)C(C)(C)C. The number of rotatable bonds is 10. The molecule has 164 valence electrons. The van der Waals surface area contributed by atoms with Gasteiger partial charge in [-0.25, -0.2) is 9.37 Å². The summed E-state index contributed by atoms with van der Waals surface area (Å²) in [5.74, 6) is -0.235. The Morgan fingerprint density at radius 2 is 1.97 bits per heavy atom. The van der Waals surface area contributed by atoms with Gasteiger partial charge in [0.05, 0.1) is 6.61 Å². The van der Waals surface area contributed by atoms with Crippen molar-refractivity contribution in [3.63, 3.8) is 0 Å². The number of Topliss-reactive ketones (excluding diaryl/α,β-unsaturated/α-hetero) is 1. The van der Waals surface area contributed by atoms with Gasteiger partial charge in [-0.2, -0.15) is 0 Å². The zero-order valence-corrected chi connectivity index (χ0v) is 19.2. The first kappa shape index (κ1) is 25.4. The molecule has 3 N–H and O–H groups in total. The van der Waals surface area contributed by atoms with Crippen LogP contribution in [0.5, 0.6) is 0 Å². The van der Waals surface area contributed by atoms with Crippen molar-refractivity contribution in [2.45, 2.75) is 80.2 Å². The van der Waals surface area contributed by atoms with E-state index in [9.17, 15) is 14.3 Å². The summed E-state index contributed by atoms with van der Waals surface area (Å²) >= 11 is 0. The molecule has 1 rings (SSSR count). The standard InChI is InChI=1S/C24H39FN2O2/c1-15(2)11-18(21(26)14-28)9-8-10-22(29)23-20(25)13-19(17(4)27-23)12-16(3)24(5,6)7/h12-13,15,18,21,28H,8-11,14,26H2,1-7H3/b16-12+. The fourth-order valence-electron chi connectivity index (χ4n) is 3.29. The molecule has 0 saturated carbocycles. The highest BCUT2D eigenvalue weighted by atomic mass is 19.1. The third kappa shape index (κ3) is 7.98. The molecule has 0 saturated heterocycles. The van der Waals surface area contributed by atoms with Crippen LogP contribution in [0.1, 0.15) is 89.0 Å². The van der Waals surface area contributed by atoms with E-state index in [0.717, 1.165) is 18.4 Å². The lowest BCUT2D eigenvalue weighted by molar-refractivity contribution is 0.0966. The number of hydrogen-bond acceptors (Lipinski definition) is 4. The summed E-state index contributed by atoms with van der Waals surface area (Å²) in [5, 5.41) is 9.35. The molecule has 0 spiro atoms. The molecule has 0 aliphatic heterocycles. The van der Waals surface area contributed by atoms with Crippen molar-refractivity contribution in [2.24, 2.45) is 23.0 Å². The van der Waals surface area contributed by atoms with Crippen molar-refractivity contribution in [1.82, 2.24) is 4.98 Å². The molecule has 1 aromatic rings. The Balaban J connectivity index is 2.86. The summed E-state index contributed by atoms with van der Waals surface area (Å²) in [4.78, 5) is 16.8. The number of halogens is 1. The van der Waals surface area contributed by atoms with E-state index in [2.05, 4.69) is 39.6 Å². The molecule has 29 heavy (non-hydrogen) atoms. The molecule has 0 amide bonds. The molecule has 5 heteroatoms. The normalized spacial score (nSPS) is 14.9. The van der Waals surface area contributed by atoms with E-state index < -0.39 is 5.82 Å². The van der Waals surface area contributed by atoms with Crippen LogP contribution in [0.25, 0.3) is 6.08 Å². The third-order valence-corrected chi connectivity index (χ3v) is 5.59. The van der Waals surface area contributed by atoms with Crippen LogP contribution in [0.15, 0.2) is 11.6 Å². The van der Waals surface area contributed by atoms with Crippen LogP contribution in [0, 0.1) is 30.0 Å². The quantitative estimate of drug-likeness (QED) is 0.516. The van der Waals surface area contributed by atoms with Gasteiger partial charge in [-0.3, -0.25) is 4.79 Å². The number of nitrogens with zero attached hydrogens (tertiary/aromatic N) is 1. The highest BCUT2D eigenvalue weighted by Crippen LogP contribution is 2.28. The van der Waals surface area contributed by atoms with E-state index >= 15 is 0 Å². The summed E-state index contributed by atoms with van der Waals surface area (Å²) in [6, 6.07) is 1.12. The minimum Gasteiger partial charge on any atom is -0.395 e. The summed E-state index contributed by atoms with van der Waals surface area (Å²) in [6.07, 6.45) is 4.40. The van der Waals surface area contributed by atoms with Crippen molar-refractivity contribution in [1.29, 1.82) is 0 Å². The predicted molar refractivity (Wildman–Crippen MR) is 118 cm³/mol. The highest BCUT2D eigenvalue weighted by Gasteiger charge is 2.21. The molecular weight excluding hydrogens is 367 g/mol. The van der Waals surface area contributed by atoms with Crippen molar-refractivity contribution in [2.75, 3.05) is 6.61 Å². The second-order valence-electron chi connectivity index (χ2n) is 9.62. The maximum Gasteiger partial charge on any atom is 0.184 e. The second-order valence-corrected chi connectivity index (χ2v) is 9.62. The van der Waals surface area contributed by atoms with Crippen molar-refractivity contribution < 1.29 is 14.3 Å². The number of allylic oxidation sites excluding steroid dienone is 1. The molecular formula is C24H39FN2O2. The van der Waals surface area contributed by atoms with E-state index in [1.807, 2.05) is 13.0 Å². The van der Waals surface area contributed by atoms with Crippen LogP contribution in [-0.2, 0) is 0 Å². The summed E-state index contributed by atoms with van der Waals surface area (Å²) < 4.78 is 14.6. The van der Waals surface area contributed by atoms with Crippen LogP contribution >= 0.6 is 0 Å². The summed E-state index contributed by atoms with van der Waals surface area (Å²) in [5.41, 5.74) is 8.39. The Morgan fingerprint density at radius 3 is 2.48 bits per heavy atom. The van der Waals surface area contributed by atoms with Gasteiger partial charge in [0.2, 0.25) is 0 Å². The van der Waals surface area contributed by atoms with Gasteiger partial charge in [0.1, 0.15) is 5.69 Å². The van der Waals surface area contributed by atoms with Gasteiger partial charge in [0, 0.05) is 18.2 Å². The second kappa shape index (κ2) is 11.0. The van der Waals surface area contributed by atoms with Crippen molar-refractivity contribution >= 4 is 11.9 Å². The molecule has 0 fully saturated rings.